The first kappa shape index (κ1) is 32.1. The van der Waals surface area contributed by atoms with Gasteiger partial charge in [0.05, 0.1) is 49.7 Å². The third-order valence-electron chi connectivity index (χ3n) is 6.94. The van der Waals surface area contributed by atoms with Gasteiger partial charge in [-0.1, -0.05) is 12.2 Å². The van der Waals surface area contributed by atoms with Crippen LogP contribution in [0, 0.1) is 5.92 Å². The molecule has 0 spiro atoms. The molecule has 3 aliphatic heterocycles. The Morgan fingerprint density at radius 1 is 1.20 bits per heavy atom. The first-order valence-electron chi connectivity index (χ1n) is 12.9. The summed E-state index contributed by atoms with van der Waals surface area (Å²) >= 11 is 0. The number of aliphatic hydroxyl groups excluding tert-OH is 4. The lowest BCUT2D eigenvalue weighted by Gasteiger charge is -2.42. The molecule has 0 aromatic carbocycles. The molecule has 14 nitrogen and oxygen atoms in total. The maximum atomic E-state index is 12.6. The molecule has 3 rings (SSSR count). The summed E-state index contributed by atoms with van der Waals surface area (Å²) in [5, 5.41) is 60.5. The van der Waals surface area contributed by atoms with E-state index in [4.69, 9.17) is 24.1 Å². The van der Waals surface area contributed by atoms with E-state index in [-0.39, 0.29) is 24.0 Å². The molecular formula is C27H35NO13. The van der Waals surface area contributed by atoms with Crippen LogP contribution in [0.3, 0.4) is 0 Å². The summed E-state index contributed by atoms with van der Waals surface area (Å²) < 4.78 is 21.6. The van der Waals surface area contributed by atoms with E-state index in [0.717, 1.165) is 11.2 Å². The van der Waals surface area contributed by atoms with Crippen LogP contribution in [-0.2, 0) is 33.3 Å². The predicted molar refractivity (Wildman–Crippen MR) is 135 cm³/mol. The number of ether oxygens (including phenoxy) is 4. The smallest absolute Gasteiger partial charge is 0.341 e. The van der Waals surface area contributed by atoms with E-state index in [1.807, 2.05) is 0 Å². The van der Waals surface area contributed by atoms with Gasteiger partial charge in [0.2, 0.25) is 6.29 Å². The number of hydrogen-bond acceptors (Lipinski definition) is 12. The van der Waals surface area contributed by atoms with Crippen molar-refractivity contribution in [2.75, 3.05) is 26.8 Å². The van der Waals surface area contributed by atoms with Gasteiger partial charge in [-0.2, -0.15) is 0 Å². The molecule has 226 valence electrons. The average molecular weight is 582 g/mol. The molecule has 0 radical (unpaired) electrons. The minimum atomic E-state index is -1.70. The van der Waals surface area contributed by atoms with Crippen molar-refractivity contribution >= 4 is 17.9 Å². The van der Waals surface area contributed by atoms with Gasteiger partial charge in [-0.05, 0) is 23.6 Å². The fourth-order valence-electron chi connectivity index (χ4n) is 4.80. The van der Waals surface area contributed by atoms with Gasteiger partial charge < -0.3 is 59.3 Å². The number of hydrogen-bond donors (Lipinski definition) is 6. The van der Waals surface area contributed by atoms with Gasteiger partial charge in [-0.25, -0.2) is 4.79 Å². The highest BCUT2D eigenvalue weighted by atomic mass is 16.8. The second-order valence-electron chi connectivity index (χ2n) is 9.76. The van der Waals surface area contributed by atoms with Gasteiger partial charge in [0.15, 0.2) is 6.29 Å². The van der Waals surface area contributed by atoms with Crippen molar-refractivity contribution in [2.45, 2.75) is 56.3 Å². The molecule has 1 unspecified atom stereocenters. The van der Waals surface area contributed by atoms with E-state index in [1.165, 1.54) is 25.5 Å². The van der Waals surface area contributed by atoms with Gasteiger partial charge >= 0.3 is 11.9 Å². The summed E-state index contributed by atoms with van der Waals surface area (Å²) in [5.41, 5.74) is 0.985. The fourth-order valence-corrected chi connectivity index (χ4v) is 4.80. The maximum Gasteiger partial charge on any atom is 0.341 e. The number of carbonyl (C=O) groups is 3. The maximum absolute atomic E-state index is 12.6. The number of methoxy groups -OCH3 is 1. The van der Waals surface area contributed by atoms with E-state index >= 15 is 0 Å². The van der Waals surface area contributed by atoms with Crippen LogP contribution in [-0.4, -0.2) is 107 Å². The van der Waals surface area contributed by atoms with Crippen molar-refractivity contribution in [3.05, 3.63) is 59.6 Å². The minimum Gasteiger partial charge on any atom is -0.545 e. The second kappa shape index (κ2) is 14.5. The van der Waals surface area contributed by atoms with Crippen molar-refractivity contribution in [2.24, 2.45) is 5.92 Å². The van der Waals surface area contributed by atoms with Crippen molar-refractivity contribution in [3.63, 3.8) is 0 Å². The Bertz CT molecular complexity index is 1120. The number of aliphatic carboxylic acids is 2. The Kier molecular flexibility index (Phi) is 11.4. The molecule has 8 atom stereocenters. The van der Waals surface area contributed by atoms with Crippen molar-refractivity contribution in [1.29, 1.82) is 0 Å². The summed E-state index contributed by atoms with van der Waals surface area (Å²) in [6.07, 6.45) is -1.40. The predicted octanol–water partition coefficient (Wildman–Crippen LogP) is -3.34. The number of carboxylic acids is 2. The second-order valence-corrected chi connectivity index (χ2v) is 9.76. The number of carbonyl (C=O) groups excluding carboxylic acids is 2. The lowest BCUT2D eigenvalue weighted by Crippen LogP contribution is -3.08. The summed E-state index contributed by atoms with van der Waals surface area (Å²) in [4.78, 5) is 35.8. The number of esters is 1. The zero-order valence-corrected chi connectivity index (χ0v) is 22.4. The normalized spacial score (nSPS) is 32.7. The van der Waals surface area contributed by atoms with Crippen molar-refractivity contribution in [3.8, 4) is 0 Å². The van der Waals surface area contributed by atoms with E-state index in [9.17, 15) is 39.9 Å². The van der Waals surface area contributed by atoms with Crippen LogP contribution in [0.4, 0.5) is 0 Å². The molecule has 0 amide bonds. The highest BCUT2D eigenvalue weighted by Crippen LogP contribution is 2.35. The largest absolute Gasteiger partial charge is 0.545 e. The molecule has 0 aromatic heterocycles. The van der Waals surface area contributed by atoms with Gasteiger partial charge in [-0.15, -0.1) is 6.58 Å². The Balaban J connectivity index is 1.85. The fraction of sp³-hybridized carbons (Fsp3) is 0.519. The van der Waals surface area contributed by atoms with Crippen molar-refractivity contribution < 1.29 is 68.9 Å². The van der Waals surface area contributed by atoms with Crippen LogP contribution < -0.4 is 10.0 Å². The average Bonchev–Trinajstić information content (AvgIpc) is 2.95. The molecule has 1 saturated heterocycles. The molecule has 41 heavy (non-hydrogen) atoms. The van der Waals surface area contributed by atoms with E-state index < -0.39 is 67.4 Å². The van der Waals surface area contributed by atoms with Crippen LogP contribution in [0.2, 0.25) is 0 Å². The number of carboxylic acid groups (broad SMARTS) is 2. The minimum absolute atomic E-state index is 0.0313. The zero-order valence-electron chi connectivity index (χ0n) is 22.4. The molecular weight excluding hydrogens is 546 g/mol. The summed E-state index contributed by atoms with van der Waals surface area (Å²) in [5.74, 6) is -3.92. The van der Waals surface area contributed by atoms with Crippen molar-refractivity contribution in [1.82, 2.24) is 0 Å². The summed E-state index contributed by atoms with van der Waals surface area (Å²) in [6.45, 7) is 3.88. The van der Waals surface area contributed by atoms with Gasteiger partial charge in [0, 0.05) is 6.42 Å². The Hall–Kier alpha value is -3.37. The van der Waals surface area contributed by atoms with Crippen LogP contribution in [0.15, 0.2) is 59.6 Å². The highest BCUT2D eigenvalue weighted by molar-refractivity contribution is 5.93. The molecule has 14 heteroatoms. The van der Waals surface area contributed by atoms with Crippen LogP contribution in [0.25, 0.3) is 0 Å². The molecule has 3 aliphatic rings. The monoisotopic (exact) mass is 581 g/mol. The number of rotatable bonds is 12. The van der Waals surface area contributed by atoms with Crippen LogP contribution >= 0.6 is 0 Å². The number of aliphatic hydroxyl groups is 4. The highest BCUT2D eigenvalue weighted by Gasteiger charge is 2.46. The van der Waals surface area contributed by atoms with E-state index in [2.05, 4.69) is 6.58 Å². The summed E-state index contributed by atoms with van der Waals surface area (Å²) in [6, 6.07) is 0. The number of allylic oxidation sites excluding steroid dienone is 1. The zero-order chi connectivity index (χ0) is 30.3. The number of nitrogens with one attached hydrogen (secondary N) is 1. The lowest BCUT2D eigenvalue weighted by atomic mass is 9.88. The topological polar surface area (TPSA) is 217 Å². The van der Waals surface area contributed by atoms with Gasteiger partial charge in [0.1, 0.15) is 43.4 Å². The third-order valence-corrected chi connectivity index (χ3v) is 6.94. The Morgan fingerprint density at radius 2 is 1.93 bits per heavy atom. The Morgan fingerprint density at radius 3 is 2.54 bits per heavy atom. The number of quaternary nitrogens is 1. The van der Waals surface area contributed by atoms with E-state index in [0.29, 0.717) is 30.7 Å². The Labute approximate surface area is 235 Å². The lowest BCUT2D eigenvalue weighted by molar-refractivity contribution is -0.843. The first-order valence-corrected chi connectivity index (χ1v) is 12.9. The van der Waals surface area contributed by atoms with Gasteiger partial charge in [-0.3, -0.25) is 4.79 Å². The van der Waals surface area contributed by atoms with Gasteiger partial charge in [0.25, 0.3) is 0 Å². The first-order chi connectivity index (χ1) is 19.5. The SMILES string of the molecule is C=C[C@@H]1/C(=C\CC2=CC(C(=O)[O-])=C[NH+](CCCC(=O)O)C2)C(C(=O)OC)=CO[C@H]1O[C@@H]1O[C@H](CO)[C@@H](O)[C@H](O)[C@H]1O. The molecule has 0 bridgehead atoms. The molecule has 0 aromatic rings. The molecule has 1 fully saturated rings. The quantitative estimate of drug-likeness (QED) is 0.0983. The molecule has 3 heterocycles. The van der Waals surface area contributed by atoms with Crippen LogP contribution in [0.1, 0.15) is 19.3 Å². The molecule has 0 aliphatic carbocycles. The standard InChI is InChI=1S/C27H35NO13/c1-3-16-17(7-6-14-9-15(24(35)36)11-28(10-14)8-4-5-20(30)31)18(25(37)38-2)13-39-26(16)41-27-23(34)22(33)21(32)19(12-29)40-27/h3,7,9,11,13,16,19,21-23,26-27,29,32-34H,1,4-6,8,10,12H2,2H3,(H,30,31)(H,35,36)/b17-7+/t16-,19-,21-,22+,23-,26+,27+/m1/s1. The molecule has 0 saturated carbocycles. The van der Waals surface area contributed by atoms with E-state index in [1.54, 1.807) is 6.08 Å². The third kappa shape index (κ3) is 7.89. The summed E-state index contributed by atoms with van der Waals surface area (Å²) in [7, 11) is 1.18. The molecule has 6 N–H and O–H groups in total. The van der Waals surface area contributed by atoms with Crippen LogP contribution in [0.5, 0.6) is 0 Å².